The van der Waals surface area contributed by atoms with Crippen LogP contribution in [0.1, 0.15) is 45.6 Å². The van der Waals surface area contributed by atoms with E-state index < -0.39 is 11.2 Å². The minimum absolute atomic E-state index is 0. The summed E-state index contributed by atoms with van der Waals surface area (Å²) < 4.78 is 1.47. The molecule has 5 N–H and O–H groups in total. The number of benzene rings is 1. The van der Waals surface area contributed by atoms with E-state index in [-0.39, 0.29) is 30.2 Å². The fourth-order valence-electron chi connectivity index (χ4n) is 6.43. The normalized spacial score (nSPS) is 21.0. The first kappa shape index (κ1) is 31.9. The van der Waals surface area contributed by atoms with Gasteiger partial charge in [-0.15, -0.1) is 12.4 Å². The topological polar surface area (TPSA) is 143 Å². The summed E-state index contributed by atoms with van der Waals surface area (Å²) in [5.41, 5.74) is 12.9. The largest absolute Gasteiger partial charge is 0.354 e. The second-order valence-corrected chi connectivity index (χ2v) is 12.7. The zero-order valence-corrected chi connectivity index (χ0v) is 25.7. The third kappa shape index (κ3) is 6.96. The molecule has 0 bridgehead atoms. The summed E-state index contributed by atoms with van der Waals surface area (Å²) >= 11 is 0. The number of nitrogens with zero attached hydrogens (tertiary/aromatic N) is 5. The maximum atomic E-state index is 12.8. The molecule has 42 heavy (non-hydrogen) atoms. The van der Waals surface area contributed by atoms with Crippen LogP contribution >= 0.6 is 12.4 Å². The van der Waals surface area contributed by atoms with Crippen LogP contribution in [0.5, 0.6) is 0 Å². The Morgan fingerprint density at radius 1 is 1.05 bits per heavy atom. The molecule has 5 rings (SSSR count). The lowest BCUT2D eigenvalue weighted by Crippen LogP contribution is -2.58. The Kier molecular flexibility index (Phi) is 9.66. The lowest BCUT2D eigenvalue weighted by Gasteiger charge is -2.37. The molecule has 3 aliphatic rings. The Morgan fingerprint density at radius 3 is 2.21 bits per heavy atom. The molecule has 11 nitrogen and oxygen atoms in total. The van der Waals surface area contributed by atoms with E-state index in [1.54, 1.807) is 35.9 Å². The maximum Gasteiger partial charge on any atom is 0.354 e. The molecule has 0 radical (unpaired) electrons. The van der Waals surface area contributed by atoms with Gasteiger partial charge in [0.1, 0.15) is 5.82 Å². The number of anilines is 1. The molecule has 1 aromatic carbocycles. The molecule has 2 aromatic rings. The summed E-state index contributed by atoms with van der Waals surface area (Å²) in [5.74, 6) is 0.787. The predicted molar refractivity (Wildman–Crippen MR) is 166 cm³/mol. The molecule has 2 unspecified atom stereocenters. The minimum atomic E-state index is -0.945. The summed E-state index contributed by atoms with van der Waals surface area (Å²) in [6.45, 7) is 10.3. The van der Waals surface area contributed by atoms with Crippen LogP contribution < -0.4 is 22.5 Å². The average molecular weight is 601 g/mol. The van der Waals surface area contributed by atoms with E-state index in [1.165, 1.54) is 29.4 Å². The van der Waals surface area contributed by atoms with E-state index in [4.69, 9.17) is 11.5 Å². The molecule has 2 aliphatic heterocycles. The second-order valence-electron chi connectivity index (χ2n) is 12.7. The second kappa shape index (κ2) is 12.7. The molecule has 1 aliphatic carbocycles. The van der Waals surface area contributed by atoms with Gasteiger partial charge in [0.25, 0.3) is 0 Å². The number of aromatic nitrogens is 2. The number of hydrogen-bond acceptors (Lipinski definition) is 7. The Hall–Kier alpha value is -2.99. The number of carbonyl (C=O) groups excluding carboxylic acids is 2. The Labute approximate surface area is 254 Å². The molecule has 1 spiro atoms. The van der Waals surface area contributed by atoms with Crippen LogP contribution in [0.15, 0.2) is 41.3 Å². The zero-order valence-electron chi connectivity index (χ0n) is 24.9. The van der Waals surface area contributed by atoms with Crippen molar-refractivity contribution in [3.8, 4) is 5.69 Å². The van der Waals surface area contributed by atoms with Crippen molar-refractivity contribution in [3.05, 3.63) is 52.6 Å². The number of amides is 3. The molecule has 230 valence electrons. The fourth-order valence-corrected chi connectivity index (χ4v) is 6.43. The van der Waals surface area contributed by atoms with Crippen LogP contribution in [0.4, 0.5) is 10.6 Å². The van der Waals surface area contributed by atoms with E-state index in [9.17, 15) is 14.4 Å². The number of piperidine rings is 1. The SMILES string of the molecule is CC(Cc1ccc(-n2ccc(NC(=O)N3CCN(C(=O)C(C)(C)N)CC3)nc2=O)cc1)N1CCC2(CC1)CC2CN.Cl. The van der Waals surface area contributed by atoms with Gasteiger partial charge < -0.3 is 26.2 Å². The van der Waals surface area contributed by atoms with Crippen LogP contribution in [0, 0.1) is 11.3 Å². The first-order chi connectivity index (χ1) is 19.5. The number of carbonyl (C=O) groups is 2. The number of rotatable bonds is 7. The smallest absolute Gasteiger partial charge is 0.338 e. The molecule has 3 heterocycles. The van der Waals surface area contributed by atoms with Gasteiger partial charge in [-0.1, -0.05) is 12.1 Å². The average Bonchev–Trinajstić information content (AvgIpc) is 3.64. The van der Waals surface area contributed by atoms with Gasteiger partial charge in [-0.3, -0.25) is 14.7 Å². The quantitative estimate of drug-likeness (QED) is 0.441. The highest BCUT2D eigenvalue weighted by atomic mass is 35.5. The molecule has 12 heteroatoms. The van der Waals surface area contributed by atoms with Gasteiger partial charge in [-0.2, -0.15) is 4.98 Å². The van der Waals surface area contributed by atoms with Crippen LogP contribution in [0.3, 0.4) is 0 Å². The zero-order chi connectivity index (χ0) is 29.4. The molecule has 1 aromatic heterocycles. The van der Waals surface area contributed by atoms with Gasteiger partial charge in [0.15, 0.2) is 0 Å². The van der Waals surface area contributed by atoms with E-state index in [2.05, 4.69) is 34.3 Å². The summed E-state index contributed by atoms with van der Waals surface area (Å²) in [6.07, 6.45) is 6.41. The van der Waals surface area contributed by atoms with Crippen molar-refractivity contribution >= 4 is 30.2 Å². The van der Waals surface area contributed by atoms with Crippen molar-refractivity contribution < 1.29 is 9.59 Å². The van der Waals surface area contributed by atoms with Crippen molar-refractivity contribution in [2.24, 2.45) is 22.8 Å². The van der Waals surface area contributed by atoms with Crippen molar-refractivity contribution in [2.45, 2.75) is 58.0 Å². The highest BCUT2D eigenvalue weighted by Gasteiger charge is 2.53. The number of urea groups is 1. The van der Waals surface area contributed by atoms with Crippen molar-refractivity contribution in [1.29, 1.82) is 0 Å². The molecule has 3 amide bonds. The highest BCUT2D eigenvalue weighted by molar-refractivity contribution is 5.89. The monoisotopic (exact) mass is 600 g/mol. The lowest BCUT2D eigenvalue weighted by atomic mass is 9.89. The number of likely N-dealkylation sites (tertiary alicyclic amines) is 1. The van der Waals surface area contributed by atoms with Gasteiger partial charge in [-0.25, -0.2) is 9.59 Å². The van der Waals surface area contributed by atoms with Crippen LogP contribution in [-0.4, -0.2) is 93.6 Å². The first-order valence-corrected chi connectivity index (χ1v) is 14.8. The lowest BCUT2D eigenvalue weighted by molar-refractivity contribution is -0.137. The number of piperazine rings is 1. The standard InChI is InChI=1S/C30H44N8O3.ClH/c1-21(35-12-9-30(10-13-35)19-23(30)20-31)18-22-4-6-24(7-5-22)38-11-8-25(34-28(38)41)33-27(40)37-16-14-36(15-17-37)26(39)29(2,3)32;/h4-8,11,21,23H,9-10,12-20,31-32H2,1-3H3,(H,33,34,40,41);1H. The summed E-state index contributed by atoms with van der Waals surface area (Å²) in [6, 6.07) is 9.73. The van der Waals surface area contributed by atoms with Crippen LogP contribution in [-0.2, 0) is 11.2 Å². The van der Waals surface area contributed by atoms with Gasteiger partial charge in [0.2, 0.25) is 5.91 Å². The molecule has 1 saturated carbocycles. The van der Waals surface area contributed by atoms with E-state index >= 15 is 0 Å². The summed E-state index contributed by atoms with van der Waals surface area (Å²) in [5, 5.41) is 2.71. The van der Waals surface area contributed by atoms with E-state index in [1.807, 2.05) is 12.1 Å². The number of halogens is 1. The molecule has 2 saturated heterocycles. The van der Waals surface area contributed by atoms with Crippen LogP contribution in [0.2, 0.25) is 0 Å². The third-order valence-electron chi connectivity index (χ3n) is 9.25. The first-order valence-electron chi connectivity index (χ1n) is 14.8. The van der Waals surface area contributed by atoms with Crippen molar-refractivity contribution in [1.82, 2.24) is 24.3 Å². The Bertz CT molecular complexity index is 1310. The highest BCUT2D eigenvalue weighted by Crippen LogP contribution is 2.58. The summed E-state index contributed by atoms with van der Waals surface area (Å²) in [7, 11) is 0. The minimum Gasteiger partial charge on any atom is -0.338 e. The van der Waals surface area contributed by atoms with Gasteiger partial charge in [-0.05, 0) is 101 Å². The van der Waals surface area contributed by atoms with Gasteiger partial charge in [0.05, 0.1) is 11.2 Å². The van der Waals surface area contributed by atoms with E-state index in [0.717, 1.165) is 37.7 Å². The van der Waals surface area contributed by atoms with Crippen molar-refractivity contribution in [2.75, 3.05) is 51.1 Å². The third-order valence-corrected chi connectivity index (χ3v) is 9.25. The Balaban J connectivity index is 0.00000405. The van der Waals surface area contributed by atoms with E-state index in [0.29, 0.717) is 37.6 Å². The van der Waals surface area contributed by atoms with Gasteiger partial charge >= 0.3 is 11.7 Å². The molecular formula is C30H45ClN8O3. The number of nitrogens with two attached hydrogens (primary N) is 2. The predicted octanol–water partition coefficient (Wildman–Crippen LogP) is 2.06. The molecule has 3 fully saturated rings. The molecule has 2 atom stereocenters. The fraction of sp³-hybridized carbons (Fsp3) is 0.600. The molecular weight excluding hydrogens is 556 g/mol. The van der Waals surface area contributed by atoms with Gasteiger partial charge in [0, 0.05) is 38.4 Å². The Morgan fingerprint density at radius 2 is 1.67 bits per heavy atom. The van der Waals surface area contributed by atoms with Crippen molar-refractivity contribution in [3.63, 3.8) is 0 Å². The maximum absolute atomic E-state index is 12.8. The number of nitrogens with one attached hydrogen (secondary N) is 1. The summed E-state index contributed by atoms with van der Waals surface area (Å²) in [4.78, 5) is 47.8. The van der Waals surface area contributed by atoms with Crippen LogP contribution in [0.25, 0.3) is 5.69 Å². The number of hydrogen-bond donors (Lipinski definition) is 3.